The van der Waals surface area contributed by atoms with Crippen molar-refractivity contribution in [2.75, 3.05) is 0 Å². The van der Waals surface area contributed by atoms with Crippen LogP contribution in [-0.4, -0.2) is 23.3 Å². The Morgan fingerprint density at radius 3 is 2.40 bits per heavy atom. The van der Waals surface area contributed by atoms with Crippen molar-refractivity contribution in [1.29, 1.82) is 0 Å². The zero-order chi connectivity index (χ0) is 11.6. The van der Waals surface area contributed by atoms with Crippen LogP contribution in [0.2, 0.25) is 0 Å². The van der Waals surface area contributed by atoms with Crippen LogP contribution in [-0.2, 0) is 0 Å². The molecule has 0 fully saturated rings. The Balaban J connectivity index is 3.21. The molecule has 0 saturated carbocycles. The minimum atomic E-state index is -1.86. The second-order valence-corrected chi connectivity index (χ2v) is 3.65. The van der Waals surface area contributed by atoms with E-state index in [0.717, 1.165) is 0 Å². The Bertz CT molecular complexity index is 353. The van der Waals surface area contributed by atoms with Gasteiger partial charge in [-0.1, -0.05) is 6.07 Å². The van der Waals surface area contributed by atoms with Crippen LogP contribution >= 0.6 is 0 Å². The number of rotatable bonds is 3. The zero-order valence-corrected chi connectivity index (χ0v) is 8.99. The summed E-state index contributed by atoms with van der Waals surface area (Å²) in [6, 6.07) is 3.08. The molecule has 0 aliphatic carbocycles. The lowest BCUT2D eigenvalue weighted by Gasteiger charge is -2.15. The van der Waals surface area contributed by atoms with E-state index >= 15 is 0 Å². The van der Waals surface area contributed by atoms with Gasteiger partial charge in [-0.25, -0.2) is 4.39 Å². The summed E-state index contributed by atoms with van der Waals surface area (Å²) in [6.45, 7) is 5.12. The molecule has 0 heterocycles. The molecule has 15 heavy (non-hydrogen) atoms. The van der Waals surface area contributed by atoms with Crippen molar-refractivity contribution in [3.05, 3.63) is 23.5 Å². The van der Waals surface area contributed by atoms with Crippen molar-refractivity contribution in [3.8, 4) is 5.75 Å². The normalized spacial score (nSPS) is 10.6. The summed E-state index contributed by atoms with van der Waals surface area (Å²) >= 11 is 0. The first-order valence-electron chi connectivity index (χ1n) is 4.75. The van der Waals surface area contributed by atoms with Crippen molar-refractivity contribution in [2.24, 2.45) is 0 Å². The first-order chi connectivity index (χ1) is 6.93. The first kappa shape index (κ1) is 12.0. The molecule has 5 heteroatoms. The maximum Gasteiger partial charge on any atom is 0.495 e. The van der Waals surface area contributed by atoms with Gasteiger partial charge in [0.1, 0.15) is 11.6 Å². The minimum absolute atomic E-state index is 0.149. The smallest absolute Gasteiger partial charge is 0.491 e. The molecule has 0 atom stereocenters. The number of ether oxygens (including phenoxy) is 1. The third kappa shape index (κ3) is 2.70. The summed E-state index contributed by atoms with van der Waals surface area (Å²) in [5, 5.41) is 18.1. The maximum atomic E-state index is 13.6. The summed E-state index contributed by atoms with van der Waals surface area (Å²) in [7, 11) is -1.86. The average Bonchev–Trinajstić information content (AvgIpc) is 2.10. The lowest BCUT2D eigenvalue weighted by atomic mass is 9.78. The molecule has 82 valence electrons. The molecule has 0 spiro atoms. The Kier molecular flexibility index (Phi) is 3.71. The largest absolute Gasteiger partial charge is 0.495 e. The molecule has 3 nitrogen and oxygen atoms in total. The summed E-state index contributed by atoms with van der Waals surface area (Å²) in [5.74, 6) is -0.466. The fourth-order valence-electron chi connectivity index (χ4n) is 1.28. The highest BCUT2D eigenvalue weighted by molar-refractivity contribution is 6.59. The van der Waals surface area contributed by atoms with E-state index in [9.17, 15) is 4.39 Å². The summed E-state index contributed by atoms with van der Waals surface area (Å²) in [6.07, 6.45) is -0.149. The Labute approximate surface area is 88.7 Å². The predicted octanol–water partition coefficient (Wildman–Crippen LogP) is 0.601. The van der Waals surface area contributed by atoms with Crippen LogP contribution in [0, 0.1) is 12.7 Å². The topological polar surface area (TPSA) is 49.7 Å². The molecule has 1 aromatic rings. The number of benzene rings is 1. The third-order valence-corrected chi connectivity index (χ3v) is 1.95. The van der Waals surface area contributed by atoms with Gasteiger partial charge in [0.05, 0.1) is 11.6 Å². The first-order valence-corrected chi connectivity index (χ1v) is 4.75. The average molecular weight is 212 g/mol. The van der Waals surface area contributed by atoms with Crippen molar-refractivity contribution < 1.29 is 19.2 Å². The van der Waals surface area contributed by atoms with Crippen LogP contribution in [0.15, 0.2) is 12.1 Å². The van der Waals surface area contributed by atoms with Gasteiger partial charge in [-0.05, 0) is 32.4 Å². The van der Waals surface area contributed by atoms with E-state index in [2.05, 4.69) is 0 Å². The summed E-state index contributed by atoms with van der Waals surface area (Å²) in [4.78, 5) is 0. The monoisotopic (exact) mass is 212 g/mol. The number of hydrogen-bond donors (Lipinski definition) is 2. The highest BCUT2D eigenvalue weighted by Gasteiger charge is 2.24. The van der Waals surface area contributed by atoms with Gasteiger partial charge >= 0.3 is 7.12 Å². The summed E-state index contributed by atoms with van der Waals surface area (Å²) < 4.78 is 18.8. The second kappa shape index (κ2) is 4.64. The van der Waals surface area contributed by atoms with Crippen LogP contribution in [0.1, 0.15) is 19.4 Å². The summed E-state index contributed by atoms with van der Waals surface area (Å²) in [5.41, 5.74) is 0.151. The van der Waals surface area contributed by atoms with E-state index in [-0.39, 0.29) is 17.3 Å². The molecule has 0 amide bonds. The Hall–Kier alpha value is -1.07. The molecule has 2 N–H and O–H groups in total. The molecule has 0 saturated heterocycles. The van der Waals surface area contributed by atoms with E-state index in [0.29, 0.717) is 5.56 Å². The van der Waals surface area contributed by atoms with E-state index < -0.39 is 12.9 Å². The van der Waals surface area contributed by atoms with Gasteiger partial charge in [0.15, 0.2) is 0 Å². The maximum absolute atomic E-state index is 13.6. The molecule has 1 rings (SSSR count). The van der Waals surface area contributed by atoms with Gasteiger partial charge in [-0.3, -0.25) is 0 Å². The van der Waals surface area contributed by atoms with E-state index in [4.69, 9.17) is 14.8 Å². The molecule has 0 aliphatic heterocycles. The van der Waals surface area contributed by atoms with Crippen LogP contribution in [0.5, 0.6) is 5.75 Å². The number of aryl methyl sites for hydroxylation is 1. The van der Waals surface area contributed by atoms with Crippen LogP contribution in [0.3, 0.4) is 0 Å². The van der Waals surface area contributed by atoms with Gasteiger partial charge < -0.3 is 14.8 Å². The molecule has 0 unspecified atom stereocenters. The fourth-order valence-corrected chi connectivity index (χ4v) is 1.28. The van der Waals surface area contributed by atoms with Gasteiger partial charge in [-0.15, -0.1) is 0 Å². The number of hydrogen-bond acceptors (Lipinski definition) is 3. The Morgan fingerprint density at radius 2 is 1.93 bits per heavy atom. The van der Waals surface area contributed by atoms with Crippen molar-refractivity contribution in [1.82, 2.24) is 0 Å². The van der Waals surface area contributed by atoms with E-state index in [1.807, 2.05) is 0 Å². The zero-order valence-electron chi connectivity index (χ0n) is 8.99. The highest BCUT2D eigenvalue weighted by Crippen LogP contribution is 2.15. The molecular formula is C10H14BFO3. The van der Waals surface area contributed by atoms with E-state index in [1.165, 1.54) is 6.07 Å². The standard InChI is InChI=1S/C10H14BFO3/c1-6(2)15-8-5-4-7(3)10(12)9(8)11(13)14/h4-6,13-14H,1-3H3. The van der Waals surface area contributed by atoms with Gasteiger partial charge in [0.25, 0.3) is 0 Å². The molecule has 0 aliphatic rings. The molecule has 0 aromatic heterocycles. The van der Waals surface area contributed by atoms with Crippen LogP contribution < -0.4 is 10.2 Å². The SMILES string of the molecule is Cc1ccc(OC(C)C)c(B(O)O)c1F. The second-order valence-electron chi connectivity index (χ2n) is 3.65. The lowest BCUT2D eigenvalue weighted by Crippen LogP contribution is -2.35. The van der Waals surface area contributed by atoms with Gasteiger partial charge in [0, 0.05) is 0 Å². The number of halogens is 1. The quantitative estimate of drug-likeness (QED) is 0.721. The van der Waals surface area contributed by atoms with Gasteiger partial charge in [0.2, 0.25) is 0 Å². The van der Waals surface area contributed by atoms with Crippen LogP contribution in [0.25, 0.3) is 0 Å². The Morgan fingerprint density at radius 1 is 1.33 bits per heavy atom. The van der Waals surface area contributed by atoms with Crippen molar-refractivity contribution >= 4 is 12.6 Å². The minimum Gasteiger partial charge on any atom is -0.491 e. The highest BCUT2D eigenvalue weighted by atomic mass is 19.1. The van der Waals surface area contributed by atoms with Crippen molar-refractivity contribution in [3.63, 3.8) is 0 Å². The van der Waals surface area contributed by atoms with E-state index in [1.54, 1.807) is 26.8 Å². The predicted molar refractivity (Wildman–Crippen MR) is 56.7 cm³/mol. The van der Waals surface area contributed by atoms with Crippen LogP contribution in [0.4, 0.5) is 4.39 Å². The lowest BCUT2D eigenvalue weighted by molar-refractivity contribution is 0.242. The molecule has 0 bridgehead atoms. The molecular weight excluding hydrogens is 198 g/mol. The molecule has 0 radical (unpaired) electrons. The third-order valence-electron chi connectivity index (χ3n) is 1.95. The van der Waals surface area contributed by atoms with Crippen molar-refractivity contribution in [2.45, 2.75) is 26.9 Å². The fraction of sp³-hybridized carbons (Fsp3) is 0.400. The molecule has 1 aromatic carbocycles. The van der Waals surface area contributed by atoms with Gasteiger partial charge in [-0.2, -0.15) is 0 Å².